The number of aryl methyl sites for hydroxylation is 1. The van der Waals surface area contributed by atoms with Crippen LogP contribution in [0.4, 0.5) is 4.79 Å². The lowest BCUT2D eigenvalue weighted by molar-refractivity contribution is 0.102. The first-order valence-corrected chi connectivity index (χ1v) is 4.86. The van der Waals surface area contributed by atoms with E-state index in [2.05, 4.69) is 10.3 Å². The predicted octanol–water partition coefficient (Wildman–Crippen LogP) is 0.793. The molecule has 0 aliphatic heterocycles. The van der Waals surface area contributed by atoms with Crippen molar-refractivity contribution in [3.05, 3.63) is 11.9 Å². The van der Waals surface area contributed by atoms with Gasteiger partial charge in [-0.3, -0.25) is 0 Å². The molecule has 0 N–H and O–H groups in total. The second kappa shape index (κ2) is 5.33. The van der Waals surface area contributed by atoms with Crippen LogP contribution in [-0.2, 0) is 18.4 Å². The summed E-state index contributed by atoms with van der Waals surface area (Å²) < 4.78 is 6.64. The van der Waals surface area contributed by atoms with Gasteiger partial charge in [-0.1, -0.05) is 12.1 Å². The third-order valence-corrected chi connectivity index (χ3v) is 2.02. The first-order chi connectivity index (χ1) is 7.15. The monoisotopic (exact) mass is 212 g/mol. The summed E-state index contributed by atoms with van der Waals surface area (Å²) in [6, 6.07) is 0. The molecule has 1 heterocycles. The maximum Gasteiger partial charge on any atom is 0.409 e. The largest absolute Gasteiger partial charge is 0.443 e. The van der Waals surface area contributed by atoms with Crippen LogP contribution in [-0.4, -0.2) is 39.6 Å². The summed E-state index contributed by atoms with van der Waals surface area (Å²) >= 11 is 0. The van der Waals surface area contributed by atoms with Crippen molar-refractivity contribution in [1.29, 1.82) is 0 Å². The molecule has 0 fully saturated rings. The molecule has 1 aromatic heterocycles. The maximum absolute atomic E-state index is 11.4. The second-order valence-corrected chi connectivity index (χ2v) is 3.33. The Hall–Kier alpha value is -1.59. The van der Waals surface area contributed by atoms with Gasteiger partial charge >= 0.3 is 6.09 Å². The van der Waals surface area contributed by atoms with Crippen molar-refractivity contribution >= 4 is 6.09 Å². The number of carbonyl (C=O) groups is 1. The van der Waals surface area contributed by atoms with Crippen LogP contribution >= 0.6 is 0 Å². The highest BCUT2D eigenvalue weighted by atomic mass is 16.6. The zero-order valence-electron chi connectivity index (χ0n) is 9.30. The lowest BCUT2D eigenvalue weighted by Gasteiger charge is -2.15. The topological polar surface area (TPSA) is 60.3 Å². The number of nitrogens with zero attached hydrogens (tertiary/aromatic N) is 4. The maximum atomic E-state index is 11.4. The third-order valence-electron chi connectivity index (χ3n) is 2.02. The summed E-state index contributed by atoms with van der Waals surface area (Å²) in [5.41, 5.74) is 0.772. The van der Waals surface area contributed by atoms with Crippen LogP contribution in [0.1, 0.15) is 19.0 Å². The van der Waals surface area contributed by atoms with Crippen LogP contribution < -0.4 is 0 Å². The van der Waals surface area contributed by atoms with E-state index < -0.39 is 0 Å². The van der Waals surface area contributed by atoms with E-state index in [4.69, 9.17) is 4.74 Å². The molecule has 0 aliphatic carbocycles. The third kappa shape index (κ3) is 3.23. The van der Waals surface area contributed by atoms with Crippen molar-refractivity contribution < 1.29 is 9.53 Å². The Morgan fingerprint density at radius 1 is 1.67 bits per heavy atom. The number of hydrogen-bond acceptors (Lipinski definition) is 4. The minimum Gasteiger partial charge on any atom is -0.443 e. The van der Waals surface area contributed by atoms with Crippen molar-refractivity contribution in [3.8, 4) is 0 Å². The molecule has 1 rings (SSSR count). The molecular weight excluding hydrogens is 196 g/mol. The van der Waals surface area contributed by atoms with Crippen molar-refractivity contribution in [2.75, 3.05) is 13.6 Å². The smallest absolute Gasteiger partial charge is 0.409 e. The summed E-state index contributed by atoms with van der Waals surface area (Å²) in [5, 5.41) is 7.43. The fraction of sp³-hybridized carbons (Fsp3) is 0.667. The van der Waals surface area contributed by atoms with Gasteiger partial charge in [-0.2, -0.15) is 0 Å². The van der Waals surface area contributed by atoms with Gasteiger partial charge in [0.05, 0.1) is 11.9 Å². The normalized spacial score (nSPS) is 10.1. The molecule has 15 heavy (non-hydrogen) atoms. The molecule has 6 heteroatoms. The molecule has 0 aliphatic rings. The van der Waals surface area contributed by atoms with Gasteiger partial charge < -0.3 is 9.64 Å². The Bertz CT molecular complexity index is 324. The Morgan fingerprint density at radius 2 is 2.40 bits per heavy atom. The Kier molecular flexibility index (Phi) is 4.08. The van der Waals surface area contributed by atoms with E-state index in [9.17, 15) is 4.79 Å². The molecule has 1 amide bonds. The summed E-state index contributed by atoms with van der Waals surface area (Å²) in [4.78, 5) is 12.9. The summed E-state index contributed by atoms with van der Waals surface area (Å²) in [6.45, 7) is 2.91. The fourth-order valence-corrected chi connectivity index (χ4v) is 1.11. The fourth-order valence-electron chi connectivity index (χ4n) is 1.11. The highest BCUT2D eigenvalue weighted by Crippen LogP contribution is 1.99. The number of hydrogen-bond donors (Lipinski definition) is 0. The van der Waals surface area contributed by atoms with Gasteiger partial charge in [-0.05, 0) is 6.42 Å². The lowest BCUT2D eigenvalue weighted by Crippen LogP contribution is -2.28. The molecule has 84 valence electrons. The molecule has 0 atom stereocenters. The van der Waals surface area contributed by atoms with Gasteiger partial charge in [0, 0.05) is 20.6 Å². The molecule has 0 aromatic carbocycles. The van der Waals surface area contributed by atoms with E-state index in [1.807, 2.05) is 6.92 Å². The SMILES string of the molecule is CCCN(C)C(=O)OCc1cnnn1C. The van der Waals surface area contributed by atoms with Crippen LogP contribution in [0.25, 0.3) is 0 Å². The summed E-state index contributed by atoms with van der Waals surface area (Å²) in [7, 11) is 3.47. The van der Waals surface area contributed by atoms with Gasteiger partial charge in [0.25, 0.3) is 0 Å². The standard InChI is InChI=1S/C9H16N4O2/c1-4-5-12(2)9(14)15-7-8-6-10-11-13(8)3/h6H,4-5,7H2,1-3H3. The molecule has 0 bridgehead atoms. The number of amides is 1. The number of carbonyl (C=O) groups excluding carboxylic acids is 1. The highest BCUT2D eigenvalue weighted by molar-refractivity contribution is 5.67. The first-order valence-electron chi connectivity index (χ1n) is 4.86. The van der Waals surface area contributed by atoms with Crippen molar-refractivity contribution in [1.82, 2.24) is 19.9 Å². The van der Waals surface area contributed by atoms with Crippen LogP contribution in [0, 0.1) is 0 Å². The number of rotatable bonds is 4. The van der Waals surface area contributed by atoms with E-state index in [0.29, 0.717) is 6.54 Å². The van der Waals surface area contributed by atoms with E-state index >= 15 is 0 Å². The second-order valence-electron chi connectivity index (χ2n) is 3.33. The van der Waals surface area contributed by atoms with E-state index in [0.717, 1.165) is 12.1 Å². The summed E-state index contributed by atoms with van der Waals surface area (Å²) in [5.74, 6) is 0. The van der Waals surface area contributed by atoms with Crippen molar-refractivity contribution in [3.63, 3.8) is 0 Å². The Labute approximate surface area is 88.8 Å². The zero-order chi connectivity index (χ0) is 11.3. The number of aromatic nitrogens is 3. The molecule has 1 aromatic rings. The van der Waals surface area contributed by atoms with Gasteiger partial charge in [0.15, 0.2) is 0 Å². The van der Waals surface area contributed by atoms with Crippen LogP contribution in [0.2, 0.25) is 0 Å². The van der Waals surface area contributed by atoms with E-state index in [1.165, 1.54) is 0 Å². The molecular formula is C9H16N4O2. The van der Waals surface area contributed by atoms with Gasteiger partial charge in [0.2, 0.25) is 0 Å². The molecule has 0 radical (unpaired) electrons. The average Bonchev–Trinajstić information content (AvgIpc) is 2.61. The van der Waals surface area contributed by atoms with Crippen LogP contribution in [0.5, 0.6) is 0 Å². The zero-order valence-corrected chi connectivity index (χ0v) is 9.30. The van der Waals surface area contributed by atoms with E-state index in [1.54, 1.807) is 29.9 Å². The minimum atomic E-state index is -0.321. The highest BCUT2D eigenvalue weighted by Gasteiger charge is 2.10. The van der Waals surface area contributed by atoms with Crippen LogP contribution in [0.15, 0.2) is 6.20 Å². The van der Waals surface area contributed by atoms with Crippen molar-refractivity contribution in [2.24, 2.45) is 7.05 Å². The van der Waals surface area contributed by atoms with Crippen molar-refractivity contribution in [2.45, 2.75) is 20.0 Å². The van der Waals surface area contributed by atoms with Crippen LogP contribution in [0.3, 0.4) is 0 Å². The Balaban J connectivity index is 2.37. The first kappa shape index (κ1) is 11.5. The molecule has 0 saturated carbocycles. The minimum absolute atomic E-state index is 0.205. The van der Waals surface area contributed by atoms with Gasteiger partial charge in [-0.15, -0.1) is 5.10 Å². The molecule has 0 saturated heterocycles. The number of ether oxygens (including phenoxy) is 1. The average molecular weight is 212 g/mol. The summed E-state index contributed by atoms with van der Waals surface area (Å²) in [6.07, 6.45) is 2.17. The van der Waals surface area contributed by atoms with Gasteiger partial charge in [0.1, 0.15) is 6.61 Å². The quantitative estimate of drug-likeness (QED) is 0.740. The van der Waals surface area contributed by atoms with Gasteiger partial charge in [-0.25, -0.2) is 9.48 Å². The lowest BCUT2D eigenvalue weighted by atomic mass is 10.4. The predicted molar refractivity (Wildman–Crippen MR) is 54.1 cm³/mol. The van der Waals surface area contributed by atoms with E-state index in [-0.39, 0.29) is 12.7 Å². The molecule has 0 spiro atoms. The Morgan fingerprint density at radius 3 is 2.93 bits per heavy atom. The molecule has 6 nitrogen and oxygen atoms in total. The molecule has 0 unspecified atom stereocenters.